The van der Waals surface area contributed by atoms with Gasteiger partial charge in [-0.05, 0) is 49.1 Å². The number of ether oxygens (including phenoxy) is 1. The standard InChI is InChI=1S/C20H25NO2/c1-5-19(23-18-12-15(2)11-16(3)13-18)20(22)21(4)14-17-9-7-6-8-10-17/h6-13,19H,5,14H2,1-4H3/t19-/m1/s1. The first kappa shape index (κ1) is 17.1. The van der Waals surface area contributed by atoms with Crippen LogP contribution >= 0.6 is 0 Å². The summed E-state index contributed by atoms with van der Waals surface area (Å²) in [5, 5.41) is 0. The largest absolute Gasteiger partial charge is 0.481 e. The zero-order valence-corrected chi connectivity index (χ0v) is 14.4. The number of likely N-dealkylation sites (N-methyl/N-ethyl adjacent to an activating group) is 1. The second kappa shape index (κ2) is 7.82. The Kier molecular flexibility index (Phi) is 5.80. The van der Waals surface area contributed by atoms with Gasteiger partial charge in [0.15, 0.2) is 6.10 Å². The highest BCUT2D eigenvalue weighted by molar-refractivity contribution is 5.81. The summed E-state index contributed by atoms with van der Waals surface area (Å²) in [7, 11) is 1.82. The van der Waals surface area contributed by atoms with Gasteiger partial charge in [0.2, 0.25) is 0 Å². The molecule has 0 heterocycles. The Labute approximate surface area is 138 Å². The molecule has 0 radical (unpaired) electrons. The van der Waals surface area contributed by atoms with Crippen molar-refractivity contribution in [3.63, 3.8) is 0 Å². The quantitative estimate of drug-likeness (QED) is 0.803. The number of rotatable bonds is 6. The minimum Gasteiger partial charge on any atom is -0.481 e. The van der Waals surface area contributed by atoms with Gasteiger partial charge in [-0.2, -0.15) is 0 Å². The average molecular weight is 311 g/mol. The lowest BCUT2D eigenvalue weighted by Gasteiger charge is -2.24. The Bertz CT molecular complexity index is 632. The van der Waals surface area contributed by atoms with Crippen molar-refractivity contribution in [1.82, 2.24) is 4.90 Å². The zero-order valence-electron chi connectivity index (χ0n) is 14.4. The van der Waals surface area contributed by atoms with E-state index in [4.69, 9.17) is 4.74 Å². The number of carbonyl (C=O) groups is 1. The summed E-state index contributed by atoms with van der Waals surface area (Å²) >= 11 is 0. The molecule has 0 bridgehead atoms. The summed E-state index contributed by atoms with van der Waals surface area (Å²) in [6.45, 7) is 6.63. The van der Waals surface area contributed by atoms with Gasteiger partial charge < -0.3 is 9.64 Å². The molecule has 0 saturated heterocycles. The molecule has 0 aliphatic rings. The van der Waals surface area contributed by atoms with Crippen molar-refractivity contribution in [3.8, 4) is 5.75 Å². The molecule has 23 heavy (non-hydrogen) atoms. The van der Waals surface area contributed by atoms with Crippen molar-refractivity contribution >= 4 is 5.91 Å². The van der Waals surface area contributed by atoms with Crippen LogP contribution in [0.3, 0.4) is 0 Å². The first-order chi connectivity index (χ1) is 11.0. The van der Waals surface area contributed by atoms with E-state index < -0.39 is 6.10 Å². The molecule has 122 valence electrons. The normalized spacial score (nSPS) is 11.8. The Morgan fingerprint density at radius 3 is 2.26 bits per heavy atom. The molecular formula is C20H25NO2. The van der Waals surface area contributed by atoms with Gasteiger partial charge in [0, 0.05) is 13.6 Å². The molecule has 1 amide bonds. The number of amides is 1. The Morgan fingerprint density at radius 1 is 1.09 bits per heavy atom. The van der Waals surface area contributed by atoms with E-state index in [0.717, 1.165) is 22.4 Å². The molecule has 0 aliphatic heterocycles. The van der Waals surface area contributed by atoms with Crippen LogP contribution < -0.4 is 4.74 Å². The van der Waals surface area contributed by atoms with E-state index in [9.17, 15) is 4.79 Å². The van der Waals surface area contributed by atoms with Crippen LogP contribution in [0.25, 0.3) is 0 Å². The number of aryl methyl sites for hydroxylation is 2. The van der Waals surface area contributed by atoms with Crippen LogP contribution in [0.15, 0.2) is 48.5 Å². The summed E-state index contributed by atoms with van der Waals surface area (Å²) in [5.41, 5.74) is 3.39. The van der Waals surface area contributed by atoms with E-state index in [1.54, 1.807) is 4.90 Å². The number of nitrogens with zero attached hydrogens (tertiary/aromatic N) is 1. The third-order valence-electron chi connectivity index (χ3n) is 3.76. The molecule has 3 nitrogen and oxygen atoms in total. The minimum atomic E-state index is -0.454. The number of carbonyl (C=O) groups excluding carboxylic acids is 1. The predicted molar refractivity (Wildman–Crippen MR) is 93.5 cm³/mol. The summed E-state index contributed by atoms with van der Waals surface area (Å²) in [6.07, 6.45) is 0.190. The molecule has 3 heteroatoms. The molecule has 2 rings (SSSR count). The molecule has 0 aliphatic carbocycles. The fraction of sp³-hybridized carbons (Fsp3) is 0.350. The maximum Gasteiger partial charge on any atom is 0.263 e. The number of benzene rings is 2. The summed E-state index contributed by atoms with van der Waals surface area (Å²) in [5.74, 6) is 0.770. The van der Waals surface area contributed by atoms with Crippen molar-refractivity contribution in [1.29, 1.82) is 0 Å². The van der Waals surface area contributed by atoms with E-state index in [1.165, 1.54) is 0 Å². The zero-order chi connectivity index (χ0) is 16.8. The maximum absolute atomic E-state index is 12.7. The van der Waals surface area contributed by atoms with Gasteiger partial charge in [0.1, 0.15) is 5.75 Å². The molecule has 0 unspecified atom stereocenters. The van der Waals surface area contributed by atoms with Crippen molar-refractivity contribution in [2.24, 2.45) is 0 Å². The van der Waals surface area contributed by atoms with Gasteiger partial charge >= 0.3 is 0 Å². The van der Waals surface area contributed by atoms with Crippen LogP contribution in [0, 0.1) is 13.8 Å². The minimum absolute atomic E-state index is 0.00973. The van der Waals surface area contributed by atoms with Crippen molar-refractivity contribution in [3.05, 3.63) is 65.2 Å². The van der Waals surface area contributed by atoms with Crippen LogP contribution in [0.5, 0.6) is 5.75 Å². The molecule has 2 aromatic carbocycles. The molecule has 0 N–H and O–H groups in total. The molecule has 0 aromatic heterocycles. The number of hydrogen-bond donors (Lipinski definition) is 0. The first-order valence-corrected chi connectivity index (χ1v) is 8.03. The predicted octanol–water partition coefficient (Wildman–Crippen LogP) is 4.12. The van der Waals surface area contributed by atoms with Crippen molar-refractivity contribution in [2.45, 2.75) is 39.8 Å². The van der Waals surface area contributed by atoms with E-state index in [-0.39, 0.29) is 5.91 Å². The molecule has 1 atom stereocenters. The second-order valence-electron chi connectivity index (χ2n) is 6.02. The summed E-state index contributed by atoms with van der Waals surface area (Å²) in [4.78, 5) is 14.4. The van der Waals surface area contributed by atoms with E-state index in [2.05, 4.69) is 6.07 Å². The van der Waals surface area contributed by atoms with Crippen LogP contribution in [0.1, 0.15) is 30.0 Å². The van der Waals surface area contributed by atoms with Gasteiger partial charge in [0.05, 0.1) is 0 Å². The van der Waals surface area contributed by atoms with Gasteiger partial charge in [-0.15, -0.1) is 0 Å². The highest BCUT2D eigenvalue weighted by Gasteiger charge is 2.22. The SMILES string of the molecule is CC[C@@H](Oc1cc(C)cc(C)c1)C(=O)N(C)Cc1ccccc1. The fourth-order valence-corrected chi connectivity index (χ4v) is 2.65. The molecule has 0 fully saturated rings. The molecular weight excluding hydrogens is 286 g/mol. The fourth-order valence-electron chi connectivity index (χ4n) is 2.65. The first-order valence-electron chi connectivity index (χ1n) is 8.03. The lowest BCUT2D eigenvalue weighted by atomic mass is 10.1. The smallest absolute Gasteiger partial charge is 0.263 e. The Hall–Kier alpha value is -2.29. The maximum atomic E-state index is 12.7. The molecule has 0 spiro atoms. The highest BCUT2D eigenvalue weighted by atomic mass is 16.5. The molecule has 2 aromatic rings. The summed E-state index contributed by atoms with van der Waals surface area (Å²) in [6, 6.07) is 16.0. The lowest BCUT2D eigenvalue weighted by molar-refractivity contribution is -0.138. The van der Waals surface area contributed by atoms with Gasteiger partial charge in [-0.25, -0.2) is 0 Å². The van der Waals surface area contributed by atoms with E-state index >= 15 is 0 Å². The van der Waals surface area contributed by atoms with E-state index in [1.807, 2.05) is 70.3 Å². The third-order valence-corrected chi connectivity index (χ3v) is 3.76. The van der Waals surface area contributed by atoms with Crippen LogP contribution in [0.4, 0.5) is 0 Å². The van der Waals surface area contributed by atoms with E-state index in [0.29, 0.717) is 13.0 Å². The van der Waals surface area contributed by atoms with Gasteiger partial charge in [-0.1, -0.05) is 43.3 Å². The van der Waals surface area contributed by atoms with Gasteiger partial charge in [0.25, 0.3) is 5.91 Å². The number of hydrogen-bond acceptors (Lipinski definition) is 2. The summed E-state index contributed by atoms with van der Waals surface area (Å²) < 4.78 is 5.95. The van der Waals surface area contributed by atoms with Crippen molar-refractivity contribution in [2.75, 3.05) is 7.05 Å². The van der Waals surface area contributed by atoms with Crippen LogP contribution in [-0.4, -0.2) is 24.0 Å². The van der Waals surface area contributed by atoms with Crippen LogP contribution in [-0.2, 0) is 11.3 Å². The Balaban J connectivity index is 2.05. The topological polar surface area (TPSA) is 29.5 Å². The third kappa shape index (κ3) is 4.85. The van der Waals surface area contributed by atoms with Crippen LogP contribution in [0.2, 0.25) is 0 Å². The van der Waals surface area contributed by atoms with Crippen molar-refractivity contribution < 1.29 is 9.53 Å². The molecule has 0 saturated carbocycles. The average Bonchev–Trinajstić information content (AvgIpc) is 2.52. The lowest BCUT2D eigenvalue weighted by Crippen LogP contribution is -2.39. The Morgan fingerprint density at radius 2 is 1.70 bits per heavy atom. The second-order valence-corrected chi connectivity index (χ2v) is 6.02. The monoisotopic (exact) mass is 311 g/mol. The van der Waals surface area contributed by atoms with Gasteiger partial charge in [-0.3, -0.25) is 4.79 Å². The highest BCUT2D eigenvalue weighted by Crippen LogP contribution is 2.19.